The van der Waals surface area contributed by atoms with Crippen molar-refractivity contribution >= 4 is 57.0 Å². The number of thiocarbonyl (C=S) groups is 1. The number of amides is 1. The molecule has 2 saturated heterocycles. The van der Waals surface area contributed by atoms with Crippen LogP contribution in [-0.2, 0) is 9.53 Å². The first-order valence-corrected chi connectivity index (χ1v) is 9.87. The molecule has 7 heteroatoms. The quantitative estimate of drug-likeness (QED) is 0.597. The van der Waals surface area contributed by atoms with Gasteiger partial charge in [-0.15, -0.1) is 0 Å². The van der Waals surface area contributed by atoms with Crippen LogP contribution in [0.4, 0.5) is 5.82 Å². The van der Waals surface area contributed by atoms with Crippen molar-refractivity contribution in [1.29, 1.82) is 0 Å². The van der Waals surface area contributed by atoms with Crippen molar-refractivity contribution in [3.05, 3.63) is 40.8 Å². The van der Waals surface area contributed by atoms with E-state index in [-0.39, 0.29) is 5.91 Å². The maximum Gasteiger partial charge on any atom is 0.266 e. The van der Waals surface area contributed by atoms with E-state index in [0.29, 0.717) is 29.0 Å². The van der Waals surface area contributed by atoms with E-state index in [0.717, 1.165) is 35.4 Å². The Morgan fingerprint density at radius 2 is 2.08 bits per heavy atom. The number of anilines is 1. The Labute approximate surface area is 162 Å². The minimum atomic E-state index is -0.0245. The van der Waals surface area contributed by atoms with Crippen molar-refractivity contribution in [1.82, 2.24) is 9.88 Å². The maximum atomic E-state index is 12.6. The molecule has 4 rings (SSSR count). The molecule has 1 amide bonds. The fraction of sp³-hybridized carbons (Fsp3) is 0.316. The summed E-state index contributed by atoms with van der Waals surface area (Å²) in [6.07, 6.45) is 1.93. The third-order valence-electron chi connectivity index (χ3n) is 4.52. The number of morpholine rings is 1. The zero-order valence-electron chi connectivity index (χ0n) is 14.5. The number of hydrogen-bond donors (Lipinski definition) is 0. The topological polar surface area (TPSA) is 45.7 Å². The SMILES string of the molecule is CCN1C(=O)/C(=C/c2cc3ccccc3nc2N2CCOCC2)SC1=S. The van der Waals surface area contributed by atoms with Gasteiger partial charge in [-0.05, 0) is 25.1 Å². The number of ether oxygens (including phenoxy) is 1. The normalized spacial score (nSPS) is 19.8. The summed E-state index contributed by atoms with van der Waals surface area (Å²) in [6, 6.07) is 10.1. The minimum Gasteiger partial charge on any atom is -0.378 e. The molecule has 1 aromatic carbocycles. The van der Waals surface area contributed by atoms with Crippen molar-refractivity contribution in [2.75, 3.05) is 37.7 Å². The van der Waals surface area contributed by atoms with Crippen molar-refractivity contribution in [2.45, 2.75) is 6.92 Å². The van der Waals surface area contributed by atoms with Gasteiger partial charge in [0.2, 0.25) is 0 Å². The van der Waals surface area contributed by atoms with Crippen molar-refractivity contribution in [3.8, 4) is 0 Å². The number of thioether (sulfide) groups is 1. The van der Waals surface area contributed by atoms with E-state index >= 15 is 0 Å². The van der Waals surface area contributed by atoms with Gasteiger partial charge in [0, 0.05) is 30.6 Å². The van der Waals surface area contributed by atoms with E-state index in [1.165, 1.54) is 11.8 Å². The lowest BCUT2D eigenvalue weighted by atomic mass is 10.1. The van der Waals surface area contributed by atoms with E-state index < -0.39 is 0 Å². The first kappa shape index (κ1) is 17.5. The van der Waals surface area contributed by atoms with Crippen LogP contribution >= 0.6 is 24.0 Å². The fourth-order valence-corrected chi connectivity index (χ4v) is 4.55. The van der Waals surface area contributed by atoms with Crippen molar-refractivity contribution in [2.24, 2.45) is 0 Å². The smallest absolute Gasteiger partial charge is 0.266 e. The highest BCUT2D eigenvalue weighted by Gasteiger charge is 2.31. The molecule has 0 unspecified atom stereocenters. The standard InChI is InChI=1S/C19H19N3O2S2/c1-2-22-18(23)16(26-19(22)25)12-14-11-13-5-3-4-6-15(13)20-17(14)21-7-9-24-10-8-21/h3-6,11-12H,2,7-10H2,1H3/b16-12-. The fourth-order valence-electron chi connectivity index (χ4n) is 3.17. The van der Waals surface area contributed by atoms with Gasteiger partial charge in [0.1, 0.15) is 10.1 Å². The number of benzene rings is 1. The summed E-state index contributed by atoms with van der Waals surface area (Å²) in [5.41, 5.74) is 1.90. The number of nitrogens with zero attached hydrogens (tertiary/aromatic N) is 3. The van der Waals surface area contributed by atoms with E-state index in [4.69, 9.17) is 21.9 Å². The molecule has 134 valence electrons. The third-order valence-corrected chi connectivity index (χ3v) is 5.90. The second-order valence-corrected chi connectivity index (χ2v) is 7.80. The van der Waals surface area contributed by atoms with Gasteiger partial charge >= 0.3 is 0 Å². The highest BCUT2D eigenvalue weighted by atomic mass is 32.2. The van der Waals surface area contributed by atoms with Gasteiger partial charge in [-0.25, -0.2) is 4.98 Å². The second kappa shape index (κ2) is 7.34. The average Bonchev–Trinajstić information content (AvgIpc) is 2.94. The van der Waals surface area contributed by atoms with E-state index in [9.17, 15) is 4.79 Å². The lowest BCUT2D eigenvalue weighted by Crippen LogP contribution is -2.37. The molecule has 0 radical (unpaired) electrons. The minimum absolute atomic E-state index is 0.0245. The number of likely N-dealkylation sites (N-methyl/N-ethyl adjacent to an activating group) is 1. The van der Waals surface area contributed by atoms with E-state index in [2.05, 4.69) is 11.0 Å². The van der Waals surface area contributed by atoms with Crippen LogP contribution < -0.4 is 4.90 Å². The van der Waals surface area contributed by atoms with Crippen LogP contribution in [0.25, 0.3) is 17.0 Å². The summed E-state index contributed by atoms with van der Waals surface area (Å²) in [6.45, 7) is 5.49. The van der Waals surface area contributed by atoms with Gasteiger partial charge in [-0.3, -0.25) is 9.69 Å². The van der Waals surface area contributed by atoms with Gasteiger partial charge in [0.25, 0.3) is 5.91 Å². The molecule has 0 saturated carbocycles. The second-order valence-electron chi connectivity index (χ2n) is 6.12. The number of rotatable bonds is 3. The number of fused-ring (bicyclic) bond motifs is 1. The molecule has 0 bridgehead atoms. The Hall–Kier alpha value is -1.96. The molecule has 2 aliphatic heterocycles. The summed E-state index contributed by atoms with van der Waals surface area (Å²) in [5, 5.41) is 1.06. The Balaban J connectivity index is 1.81. The third kappa shape index (κ3) is 3.22. The Bertz CT molecular complexity index is 907. The lowest BCUT2D eigenvalue weighted by molar-refractivity contribution is -0.121. The van der Waals surface area contributed by atoms with E-state index in [1.807, 2.05) is 37.3 Å². The zero-order chi connectivity index (χ0) is 18.1. The van der Waals surface area contributed by atoms with Crippen LogP contribution in [0.3, 0.4) is 0 Å². The highest BCUT2D eigenvalue weighted by Crippen LogP contribution is 2.35. The van der Waals surface area contributed by atoms with E-state index in [1.54, 1.807) is 4.90 Å². The Morgan fingerprint density at radius 3 is 2.81 bits per heavy atom. The number of carbonyl (C=O) groups excluding carboxylic acids is 1. The molecule has 5 nitrogen and oxygen atoms in total. The highest BCUT2D eigenvalue weighted by molar-refractivity contribution is 8.26. The molecular formula is C19H19N3O2S2. The number of hydrogen-bond acceptors (Lipinski definition) is 6. The maximum absolute atomic E-state index is 12.6. The first-order valence-electron chi connectivity index (χ1n) is 8.65. The van der Waals surface area contributed by atoms with Crippen LogP contribution in [-0.4, -0.2) is 53.0 Å². The van der Waals surface area contributed by atoms with Gasteiger partial charge < -0.3 is 9.64 Å². The lowest BCUT2D eigenvalue weighted by Gasteiger charge is -2.29. The largest absolute Gasteiger partial charge is 0.378 e. The number of aromatic nitrogens is 1. The summed E-state index contributed by atoms with van der Waals surface area (Å²) in [5.74, 6) is 0.873. The van der Waals surface area contributed by atoms with Crippen molar-refractivity contribution < 1.29 is 9.53 Å². The number of carbonyl (C=O) groups is 1. The van der Waals surface area contributed by atoms with Crippen molar-refractivity contribution in [3.63, 3.8) is 0 Å². The monoisotopic (exact) mass is 385 g/mol. The number of pyridine rings is 1. The summed E-state index contributed by atoms with van der Waals surface area (Å²) in [7, 11) is 0. The zero-order valence-corrected chi connectivity index (χ0v) is 16.1. The summed E-state index contributed by atoms with van der Waals surface area (Å²) >= 11 is 6.69. The molecule has 2 fully saturated rings. The van der Waals surface area contributed by atoms with Gasteiger partial charge in [-0.2, -0.15) is 0 Å². The number of para-hydroxylation sites is 1. The summed E-state index contributed by atoms with van der Waals surface area (Å²) < 4.78 is 6.09. The van der Waals surface area contributed by atoms with Gasteiger partial charge in [0.15, 0.2) is 0 Å². The predicted molar refractivity (Wildman–Crippen MR) is 110 cm³/mol. The molecule has 0 aliphatic carbocycles. The molecule has 2 aliphatic rings. The Morgan fingerprint density at radius 1 is 1.31 bits per heavy atom. The van der Waals surface area contributed by atoms with Crippen LogP contribution in [0.5, 0.6) is 0 Å². The molecule has 2 aromatic rings. The summed E-state index contributed by atoms with van der Waals surface area (Å²) in [4.78, 5) is 22.0. The molecule has 3 heterocycles. The van der Waals surface area contributed by atoms with Gasteiger partial charge in [0.05, 0.1) is 23.6 Å². The van der Waals surface area contributed by atoms with Crippen LogP contribution in [0.2, 0.25) is 0 Å². The molecule has 0 atom stereocenters. The average molecular weight is 386 g/mol. The van der Waals surface area contributed by atoms with Crippen LogP contribution in [0.1, 0.15) is 12.5 Å². The molecule has 0 N–H and O–H groups in total. The van der Waals surface area contributed by atoms with Gasteiger partial charge in [-0.1, -0.05) is 42.2 Å². The molecular weight excluding hydrogens is 366 g/mol. The molecule has 26 heavy (non-hydrogen) atoms. The Kier molecular flexibility index (Phi) is 4.93. The van der Waals surface area contributed by atoms with Crippen LogP contribution in [0, 0.1) is 0 Å². The predicted octanol–water partition coefficient (Wildman–Crippen LogP) is 3.29. The van der Waals surface area contributed by atoms with Crippen LogP contribution in [0.15, 0.2) is 35.2 Å². The first-order chi connectivity index (χ1) is 12.7. The molecule has 0 spiro atoms. The molecule has 1 aromatic heterocycles.